The van der Waals surface area contributed by atoms with Crippen molar-refractivity contribution >= 4 is 0 Å². The Bertz CT molecular complexity index is 503. The van der Waals surface area contributed by atoms with Crippen LogP contribution in [-0.4, -0.2) is 20.1 Å². The predicted octanol–water partition coefficient (Wildman–Crippen LogP) is 2.03. The van der Waals surface area contributed by atoms with E-state index in [1.54, 1.807) is 0 Å². The number of hydrogen-bond acceptors (Lipinski definition) is 3. The standard InChI is InChI=1S/C13H15N3O/c17-9-12-13(10-5-4-6-10)16(15-14-12)11-7-2-1-3-8-11/h1-3,7-8,10,17H,4-6,9H2. The SMILES string of the molecule is OCc1nnn(-c2ccccc2)c1C1CCC1. The van der Waals surface area contributed by atoms with Gasteiger partial charge in [0, 0.05) is 5.92 Å². The minimum Gasteiger partial charge on any atom is -0.390 e. The Kier molecular flexibility index (Phi) is 2.65. The van der Waals surface area contributed by atoms with Gasteiger partial charge < -0.3 is 5.11 Å². The van der Waals surface area contributed by atoms with Crippen molar-refractivity contribution in [3.8, 4) is 5.69 Å². The van der Waals surface area contributed by atoms with Gasteiger partial charge in [0.05, 0.1) is 18.0 Å². The molecule has 88 valence electrons. The van der Waals surface area contributed by atoms with E-state index in [4.69, 9.17) is 0 Å². The van der Waals surface area contributed by atoms with Crippen molar-refractivity contribution in [3.05, 3.63) is 41.7 Å². The third kappa shape index (κ3) is 1.74. The summed E-state index contributed by atoms with van der Waals surface area (Å²) in [4.78, 5) is 0. The predicted molar refractivity (Wildman–Crippen MR) is 63.9 cm³/mol. The number of nitrogens with zero attached hydrogens (tertiary/aromatic N) is 3. The van der Waals surface area contributed by atoms with Gasteiger partial charge in [-0.05, 0) is 25.0 Å². The normalized spacial score (nSPS) is 15.8. The third-order valence-corrected chi connectivity index (χ3v) is 3.42. The maximum Gasteiger partial charge on any atom is 0.112 e. The molecule has 0 saturated heterocycles. The highest BCUT2D eigenvalue weighted by Crippen LogP contribution is 2.38. The van der Waals surface area contributed by atoms with Crippen LogP contribution in [-0.2, 0) is 6.61 Å². The van der Waals surface area contributed by atoms with Gasteiger partial charge in [0.15, 0.2) is 0 Å². The molecule has 1 aliphatic rings. The molecule has 1 saturated carbocycles. The molecule has 1 heterocycles. The number of aliphatic hydroxyl groups excluding tert-OH is 1. The summed E-state index contributed by atoms with van der Waals surface area (Å²) in [6, 6.07) is 9.98. The highest BCUT2D eigenvalue weighted by Gasteiger charge is 2.27. The zero-order valence-electron chi connectivity index (χ0n) is 9.58. The van der Waals surface area contributed by atoms with Crippen LogP contribution in [0, 0.1) is 0 Å². The maximum atomic E-state index is 9.33. The summed E-state index contributed by atoms with van der Waals surface area (Å²) in [6.45, 7) is -0.0291. The molecule has 1 fully saturated rings. The van der Waals surface area contributed by atoms with E-state index in [1.165, 1.54) is 19.3 Å². The summed E-state index contributed by atoms with van der Waals surface area (Å²) in [5, 5.41) is 17.6. The van der Waals surface area contributed by atoms with Crippen molar-refractivity contribution in [1.29, 1.82) is 0 Å². The number of aromatic nitrogens is 3. The van der Waals surface area contributed by atoms with Gasteiger partial charge in [-0.3, -0.25) is 0 Å². The van der Waals surface area contributed by atoms with Crippen LogP contribution in [0.3, 0.4) is 0 Å². The van der Waals surface area contributed by atoms with Crippen LogP contribution in [0.1, 0.15) is 36.6 Å². The maximum absolute atomic E-state index is 9.33. The molecule has 2 aromatic rings. The van der Waals surface area contributed by atoms with E-state index >= 15 is 0 Å². The van der Waals surface area contributed by atoms with Gasteiger partial charge in [-0.1, -0.05) is 29.8 Å². The Morgan fingerprint density at radius 3 is 2.59 bits per heavy atom. The van der Waals surface area contributed by atoms with E-state index in [0.717, 1.165) is 17.1 Å². The second-order valence-electron chi connectivity index (χ2n) is 4.45. The van der Waals surface area contributed by atoms with Crippen molar-refractivity contribution in [3.63, 3.8) is 0 Å². The summed E-state index contributed by atoms with van der Waals surface area (Å²) in [5.74, 6) is 0.507. The summed E-state index contributed by atoms with van der Waals surface area (Å²) >= 11 is 0. The summed E-state index contributed by atoms with van der Waals surface area (Å²) in [7, 11) is 0. The fraction of sp³-hybridized carbons (Fsp3) is 0.385. The van der Waals surface area contributed by atoms with E-state index in [2.05, 4.69) is 10.3 Å². The molecule has 1 aromatic heterocycles. The molecule has 0 bridgehead atoms. The molecule has 1 N–H and O–H groups in total. The molecule has 1 aromatic carbocycles. The molecular formula is C13H15N3O. The second-order valence-corrected chi connectivity index (χ2v) is 4.45. The van der Waals surface area contributed by atoms with E-state index in [1.807, 2.05) is 35.0 Å². The van der Waals surface area contributed by atoms with Crippen LogP contribution in [0.4, 0.5) is 0 Å². The average molecular weight is 229 g/mol. The van der Waals surface area contributed by atoms with Gasteiger partial charge in [0.1, 0.15) is 5.69 Å². The van der Waals surface area contributed by atoms with Gasteiger partial charge in [-0.25, -0.2) is 4.68 Å². The number of rotatable bonds is 3. The van der Waals surface area contributed by atoms with Gasteiger partial charge in [-0.15, -0.1) is 5.10 Å². The Morgan fingerprint density at radius 2 is 2.00 bits per heavy atom. The zero-order valence-corrected chi connectivity index (χ0v) is 9.58. The quantitative estimate of drug-likeness (QED) is 0.876. The highest BCUT2D eigenvalue weighted by atomic mass is 16.3. The monoisotopic (exact) mass is 229 g/mol. The van der Waals surface area contributed by atoms with Crippen molar-refractivity contribution < 1.29 is 5.11 Å². The third-order valence-electron chi connectivity index (χ3n) is 3.42. The Morgan fingerprint density at radius 1 is 1.24 bits per heavy atom. The minimum atomic E-state index is -0.0291. The second kappa shape index (κ2) is 4.30. The van der Waals surface area contributed by atoms with Crippen LogP contribution >= 0.6 is 0 Å². The fourth-order valence-electron chi connectivity index (χ4n) is 2.28. The molecule has 4 nitrogen and oxygen atoms in total. The summed E-state index contributed by atoms with van der Waals surface area (Å²) in [5.41, 5.74) is 2.82. The first-order valence-electron chi connectivity index (χ1n) is 6.01. The van der Waals surface area contributed by atoms with E-state index in [9.17, 15) is 5.11 Å². The Labute approximate surface area is 99.9 Å². The Balaban J connectivity index is 2.07. The lowest BCUT2D eigenvalue weighted by molar-refractivity contribution is 0.272. The highest BCUT2D eigenvalue weighted by molar-refractivity contribution is 5.34. The lowest BCUT2D eigenvalue weighted by atomic mass is 9.82. The smallest absolute Gasteiger partial charge is 0.112 e. The summed E-state index contributed by atoms with van der Waals surface area (Å²) in [6.07, 6.45) is 3.61. The molecule has 0 radical (unpaired) electrons. The first-order valence-corrected chi connectivity index (χ1v) is 6.01. The fourth-order valence-corrected chi connectivity index (χ4v) is 2.28. The van der Waals surface area contributed by atoms with Gasteiger partial charge >= 0.3 is 0 Å². The van der Waals surface area contributed by atoms with Crippen molar-refractivity contribution in [1.82, 2.24) is 15.0 Å². The van der Waals surface area contributed by atoms with E-state index < -0.39 is 0 Å². The van der Waals surface area contributed by atoms with Crippen LogP contribution < -0.4 is 0 Å². The van der Waals surface area contributed by atoms with E-state index in [0.29, 0.717) is 5.92 Å². The summed E-state index contributed by atoms with van der Waals surface area (Å²) < 4.78 is 1.87. The zero-order chi connectivity index (χ0) is 11.7. The van der Waals surface area contributed by atoms with Crippen molar-refractivity contribution in [2.45, 2.75) is 31.8 Å². The molecule has 4 heteroatoms. The molecule has 3 rings (SSSR count). The largest absolute Gasteiger partial charge is 0.390 e. The number of benzene rings is 1. The van der Waals surface area contributed by atoms with Crippen molar-refractivity contribution in [2.24, 2.45) is 0 Å². The van der Waals surface area contributed by atoms with Crippen LogP contribution in [0.2, 0.25) is 0 Å². The lowest BCUT2D eigenvalue weighted by Crippen LogP contribution is -2.16. The molecule has 1 aliphatic carbocycles. The first kappa shape index (κ1) is 10.5. The number of aliphatic hydroxyl groups is 1. The van der Waals surface area contributed by atoms with Crippen LogP contribution in [0.25, 0.3) is 5.69 Å². The molecule has 17 heavy (non-hydrogen) atoms. The number of hydrogen-bond donors (Lipinski definition) is 1. The van der Waals surface area contributed by atoms with Crippen LogP contribution in [0.5, 0.6) is 0 Å². The van der Waals surface area contributed by atoms with E-state index in [-0.39, 0.29) is 6.61 Å². The van der Waals surface area contributed by atoms with Crippen molar-refractivity contribution in [2.75, 3.05) is 0 Å². The van der Waals surface area contributed by atoms with Gasteiger partial charge in [0.25, 0.3) is 0 Å². The topological polar surface area (TPSA) is 50.9 Å². The minimum absolute atomic E-state index is 0.0291. The van der Waals surface area contributed by atoms with Crippen LogP contribution in [0.15, 0.2) is 30.3 Å². The average Bonchev–Trinajstić information content (AvgIpc) is 2.72. The van der Waals surface area contributed by atoms with Gasteiger partial charge in [-0.2, -0.15) is 0 Å². The molecule has 0 spiro atoms. The molecular weight excluding hydrogens is 214 g/mol. The molecule has 0 aliphatic heterocycles. The molecule has 0 atom stereocenters. The van der Waals surface area contributed by atoms with Gasteiger partial charge in [0.2, 0.25) is 0 Å². The number of para-hydroxylation sites is 1. The lowest BCUT2D eigenvalue weighted by Gasteiger charge is -2.26. The first-order chi connectivity index (χ1) is 8.40. The molecule has 0 unspecified atom stereocenters. The Hall–Kier alpha value is -1.68. The molecule has 0 amide bonds.